The molecule has 90 valence electrons. The molecule has 3 N–H and O–H groups in total. The van der Waals surface area contributed by atoms with Crippen LogP contribution in [0.15, 0.2) is 22.8 Å². The number of primary amides is 1. The molecule has 0 saturated carbocycles. The number of nitrogens with one attached hydrogen (secondary N) is 1. The highest BCUT2D eigenvalue weighted by molar-refractivity contribution is 5.80. The predicted molar refractivity (Wildman–Crippen MR) is 62.7 cm³/mol. The Labute approximate surface area is 96.2 Å². The monoisotopic (exact) mass is 224 g/mol. The van der Waals surface area contributed by atoms with E-state index in [1.165, 1.54) is 0 Å². The third-order valence-corrected chi connectivity index (χ3v) is 2.65. The van der Waals surface area contributed by atoms with Gasteiger partial charge in [0.2, 0.25) is 5.91 Å². The first-order valence-corrected chi connectivity index (χ1v) is 5.65. The molecule has 4 nitrogen and oxygen atoms in total. The highest BCUT2D eigenvalue weighted by Gasteiger charge is 2.24. The van der Waals surface area contributed by atoms with E-state index in [1.807, 2.05) is 32.9 Å². The standard InChI is InChI=1S/C12H20N2O2/c1-4-9(10-6-5-7-16-10)14-11(8(2)3)12(13)15/h5-9,11,14H,4H2,1-3H3,(H2,13,15). The van der Waals surface area contributed by atoms with E-state index < -0.39 is 0 Å². The van der Waals surface area contributed by atoms with Crippen molar-refractivity contribution < 1.29 is 9.21 Å². The van der Waals surface area contributed by atoms with E-state index in [0.717, 1.165) is 12.2 Å². The van der Waals surface area contributed by atoms with Crippen molar-refractivity contribution in [2.75, 3.05) is 0 Å². The molecule has 0 aliphatic carbocycles. The van der Waals surface area contributed by atoms with Crippen molar-refractivity contribution in [3.05, 3.63) is 24.2 Å². The van der Waals surface area contributed by atoms with E-state index in [-0.39, 0.29) is 23.9 Å². The van der Waals surface area contributed by atoms with Gasteiger partial charge in [0.15, 0.2) is 0 Å². The summed E-state index contributed by atoms with van der Waals surface area (Å²) in [5.41, 5.74) is 5.36. The maximum absolute atomic E-state index is 11.3. The van der Waals surface area contributed by atoms with Gasteiger partial charge in [-0.3, -0.25) is 10.1 Å². The molecule has 0 spiro atoms. The summed E-state index contributed by atoms with van der Waals surface area (Å²) < 4.78 is 5.33. The first-order chi connectivity index (χ1) is 7.56. The molecular weight excluding hydrogens is 204 g/mol. The van der Waals surface area contributed by atoms with Crippen molar-refractivity contribution in [1.29, 1.82) is 0 Å². The number of hydrogen-bond donors (Lipinski definition) is 2. The molecule has 1 heterocycles. The lowest BCUT2D eigenvalue weighted by atomic mass is 10.0. The number of carbonyl (C=O) groups excluding carboxylic acids is 1. The highest BCUT2D eigenvalue weighted by atomic mass is 16.3. The third-order valence-electron chi connectivity index (χ3n) is 2.65. The zero-order chi connectivity index (χ0) is 12.1. The van der Waals surface area contributed by atoms with Crippen LogP contribution in [0.2, 0.25) is 0 Å². The van der Waals surface area contributed by atoms with Crippen LogP contribution in [0.4, 0.5) is 0 Å². The molecule has 1 amide bonds. The van der Waals surface area contributed by atoms with Crippen LogP contribution < -0.4 is 11.1 Å². The fourth-order valence-electron chi connectivity index (χ4n) is 1.71. The first kappa shape index (κ1) is 12.8. The van der Waals surface area contributed by atoms with Crippen LogP contribution in [0.3, 0.4) is 0 Å². The van der Waals surface area contributed by atoms with Crippen molar-refractivity contribution >= 4 is 5.91 Å². The fraction of sp³-hybridized carbons (Fsp3) is 0.583. The summed E-state index contributed by atoms with van der Waals surface area (Å²) >= 11 is 0. The Kier molecular flexibility index (Phi) is 4.55. The van der Waals surface area contributed by atoms with Crippen LogP contribution in [-0.2, 0) is 4.79 Å². The Morgan fingerprint density at radius 3 is 2.62 bits per heavy atom. The van der Waals surface area contributed by atoms with Crippen molar-refractivity contribution in [1.82, 2.24) is 5.32 Å². The van der Waals surface area contributed by atoms with Crippen LogP contribution in [0.5, 0.6) is 0 Å². The maximum Gasteiger partial charge on any atom is 0.234 e. The van der Waals surface area contributed by atoms with Gasteiger partial charge in [0.25, 0.3) is 0 Å². The molecular formula is C12H20N2O2. The van der Waals surface area contributed by atoms with Gasteiger partial charge in [-0.05, 0) is 24.5 Å². The van der Waals surface area contributed by atoms with Crippen molar-refractivity contribution in [3.63, 3.8) is 0 Å². The molecule has 16 heavy (non-hydrogen) atoms. The number of rotatable bonds is 6. The minimum Gasteiger partial charge on any atom is -0.468 e. The average Bonchev–Trinajstić information content (AvgIpc) is 2.71. The van der Waals surface area contributed by atoms with E-state index >= 15 is 0 Å². The van der Waals surface area contributed by atoms with E-state index in [2.05, 4.69) is 5.32 Å². The summed E-state index contributed by atoms with van der Waals surface area (Å²) in [5, 5.41) is 3.24. The van der Waals surface area contributed by atoms with E-state index in [9.17, 15) is 4.79 Å². The molecule has 0 aliphatic heterocycles. The molecule has 0 fully saturated rings. The van der Waals surface area contributed by atoms with Gasteiger partial charge in [-0.25, -0.2) is 0 Å². The predicted octanol–water partition coefficient (Wildman–Crippen LogP) is 1.83. The Bertz CT molecular complexity index is 320. The van der Waals surface area contributed by atoms with Gasteiger partial charge >= 0.3 is 0 Å². The molecule has 4 heteroatoms. The molecule has 2 atom stereocenters. The second-order valence-electron chi connectivity index (χ2n) is 4.27. The molecule has 1 rings (SSSR count). The van der Waals surface area contributed by atoms with Gasteiger partial charge in [0.1, 0.15) is 5.76 Å². The molecule has 0 aromatic carbocycles. The lowest BCUT2D eigenvalue weighted by Gasteiger charge is -2.24. The topological polar surface area (TPSA) is 68.3 Å². The van der Waals surface area contributed by atoms with Crippen molar-refractivity contribution in [2.45, 2.75) is 39.3 Å². The molecule has 2 unspecified atom stereocenters. The minimum absolute atomic E-state index is 0.0369. The summed E-state index contributed by atoms with van der Waals surface area (Å²) in [4.78, 5) is 11.3. The number of furan rings is 1. The Balaban J connectivity index is 2.72. The summed E-state index contributed by atoms with van der Waals surface area (Å²) in [7, 11) is 0. The highest BCUT2D eigenvalue weighted by Crippen LogP contribution is 2.19. The van der Waals surface area contributed by atoms with Crippen LogP contribution in [0.25, 0.3) is 0 Å². The Morgan fingerprint density at radius 2 is 2.25 bits per heavy atom. The number of amides is 1. The summed E-state index contributed by atoms with van der Waals surface area (Å²) in [6.45, 7) is 5.98. The molecule has 1 aromatic rings. The second kappa shape index (κ2) is 5.70. The fourth-order valence-corrected chi connectivity index (χ4v) is 1.71. The average molecular weight is 224 g/mol. The van der Waals surface area contributed by atoms with Gasteiger partial charge < -0.3 is 10.2 Å². The molecule has 0 aliphatic rings. The van der Waals surface area contributed by atoms with Crippen LogP contribution in [0, 0.1) is 5.92 Å². The summed E-state index contributed by atoms with van der Waals surface area (Å²) in [5.74, 6) is 0.691. The van der Waals surface area contributed by atoms with Crippen molar-refractivity contribution in [2.24, 2.45) is 11.7 Å². The van der Waals surface area contributed by atoms with Gasteiger partial charge in [0.05, 0.1) is 18.3 Å². The first-order valence-electron chi connectivity index (χ1n) is 5.65. The second-order valence-corrected chi connectivity index (χ2v) is 4.27. The number of hydrogen-bond acceptors (Lipinski definition) is 3. The summed E-state index contributed by atoms with van der Waals surface area (Å²) in [6.07, 6.45) is 2.48. The van der Waals surface area contributed by atoms with Gasteiger partial charge in [-0.2, -0.15) is 0 Å². The SMILES string of the molecule is CCC(NC(C(N)=O)C(C)C)c1ccco1. The van der Waals surface area contributed by atoms with Crippen molar-refractivity contribution in [3.8, 4) is 0 Å². The molecule has 0 radical (unpaired) electrons. The Morgan fingerprint density at radius 1 is 1.56 bits per heavy atom. The summed E-state index contributed by atoms with van der Waals surface area (Å²) in [6, 6.07) is 3.46. The van der Waals surface area contributed by atoms with Gasteiger partial charge in [-0.1, -0.05) is 20.8 Å². The van der Waals surface area contributed by atoms with E-state index in [4.69, 9.17) is 10.2 Å². The number of carbonyl (C=O) groups is 1. The quantitative estimate of drug-likeness (QED) is 0.774. The lowest BCUT2D eigenvalue weighted by Crippen LogP contribution is -2.46. The molecule has 0 bridgehead atoms. The smallest absolute Gasteiger partial charge is 0.234 e. The zero-order valence-electron chi connectivity index (χ0n) is 10.1. The minimum atomic E-state index is -0.324. The lowest BCUT2D eigenvalue weighted by molar-refractivity contribution is -0.121. The van der Waals surface area contributed by atoms with Crippen LogP contribution >= 0.6 is 0 Å². The third kappa shape index (κ3) is 3.10. The van der Waals surface area contributed by atoms with Crippen LogP contribution in [0.1, 0.15) is 39.0 Å². The van der Waals surface area contributed by atoms with Gasteiger partial charge in [0, 0.05) is 0 Å². The number of nitrogens with two attached hydrogens (primary N) is 1. The molecule has 0 saturated heterocycles. The normalized spacial score (nSPS) is 15.0. The zero-order valence-corrected chi connectivity index (χ0v) is 10.1. The Hall–Kier alpha value is -1.29. The maximum atomic E-state index is 11.3. The van der Waals surface area contributed by atoms with Gasteiger partial charge in [-0.15, -0.1) is 0 Å². The largest absolute Gasteiger partial charge is 0.468 e. The van der Waals surface area contributed by atoms with Crippen LogP contribution in [-0.4, -0.2) is 11.9 Å². The molecule has 1 aromatic heterocycles. The van der Waals surface area contributed by atoms with E-state index in [0.29, 0.717) is 0 Å². The van der Waals surface area contributed by atoms with E-state index in [1.54, 1.807) is 6.26 Å².